The van der Waals surface area contributed by atoms with Crippen LogP contribution in [0.3, 0.4) is 0 Å². The number of rotatable bonds is 7. The van der Waals surface area contributed by atoms with Crippen LogP contribution in [0.2, 0.25) is 0 Å². The summed E-state index contributed by atoms with van der Waals surface area (Å²) in [6.07, 6.45) is 2.92. The number of nitrogens with zero attached hydrogens (tertiary/aromatic N) is 3. The molecule has 0 spiro atoms. The maximum Gasteiger partial charge on any atom is 0.320 e. The Balaban J connectivity index is 2.51. The summed E-state index contributed by atoms with van der Waals surface area (Å²) in [5, 5.41) is 12.7. The standard InChI is InChI=1S/C11H19N3O3/c1-4-5-6-9-12-10(17-13-9)7-14(3)8(2)11(15)16/h8H,4-7H2,1-3H3,(H,15,16). The molecule has 0 saturated carbocycles. The zero-order chi connectivity index (χ0) is 12.8. The highest BCUT2D eigenvalue weighted by atomic mass is 16.5. The van der Waals surface area contributed by atoms with Crippen molar-refractivity contribution >= 4 is 5.97 Å². The van der Waals surface area contributed by atoms with Gasteiger partial charge >= 0.3 is 5.97 Å². The first-order valence-electron chi connectivity index (χ1n) is 5.79. The number of aliphatic carboxylic acids is 1. The summed E-state index contributed by atoms with van der Waals surface area (Å²) in [4.78, 5) is 16.6. The summed E-state index contributed by atoms with van der Waals surface area (Å²) in [5.74, 6) is 0.295. The van der Waals surface area contributed by atoms with Gasteiger partial charge in [-0.05, 0) is 20.4 Å². The fourth-order valence-electron chi connectivity index (χ4n) is 1.33. The second kappa shape index (κ2) is 6.34. The third-order valence-corrected chi connectivity index (χ3v) is 2.67. The van der Waals surface area contributed by atoms with Gasteiger partial charge in [0.05, 0.1) is 6.54 Å². The molecular weight excluding hydrogens is 222 g/mol. The molecule has 1 N–H and O–H groups in total. The van der Waals surface area contributed by atoms with Gasteiger partial charge in [-0.25, -0.2) is 0 Å². The van der Waals surface area contributed by atoms with E-state index in [0.717, 1.165) is 19.3 Å². The van der Waals surface area contributed by atoms with Crippen LogP contribution in [0.5, 0.6) is 0 Å². The van der Waals surface area contributed by atoms with Crippen molar-refractivity contribution in [2.45, 2.75) is 45.7 Å². The third-order valence-electron chi connectivity index (χ3n) is 2.67. The van der Waals surface area contributed by atoms with Crippen LogP contribution in [-0.2, 0) is 17.8 Å². The summed E-state index contributed by atoms with van der Waals surface area (Å²) < 4.78 is 5.07. The van der Waals surface area contributed by atoms with E-state index in [4.69, 9.17) is 9.63 Å². The van der Waals surface area contributed by atoms with Crippen molar-refractivity contribution in [1.29, 1.82) is 0 Å². The highest BCUT2D eigenvalue weighted by Crippen LogP contribution is 2.06. The molecule has 6 nitrogen and oxygen atoms in total. The van der Waals surface area contributed by atoms with Crippen LogP contribution in [0.25, 0.3) is 0 Å². The molecule has 0 radical (unpaired) electrons. The van der Waals surface area contributed by atoms with Crippen molar-refractivity contribution in [3.63, 3.8) is 0 Å². The lowest BCUT2D eigenvalue weighted by Gasteiger charge is -2.18. The molecule has 1 atom stereocenters. The Hall–Kier alpha value is -1.43. The zero-order valence-electron chi connectivity index (χ0n) is 10.5. The topological polar surface area (TPSA) is 79.5 Å². The van der Waals surface area contributed by atoms with E-state index in [1.165, 1.54) is 0 Å². The van der Waals surface area contributed by atoms with Gasteiger partial charge in [-0.2, -0.15) is 4.98 Å². The fraction of sp³-hybridized carbons (Fsp3) is 0.727. The average molecular weight is 241 g/mol. The highest BCUT2D eigenvalue weighted by Gasteiger charge is 2.19. The molecule has 0 aromatic carbocycles. The number of carboxylic acid groups (broad SMARTS) is 1. The van der Waals surface area contributed by atoms with Gasteiger partial charge in [0.25, 0.3) is 0 Å². The van der Waals surface area contributed by atoms with Gasteiger partial charge < -0.3 is 9.63 Å². The van der Waals surface area contributed by atoms with Crippen molar-refractivity contribution in [2.75, 3.05) is 7.05 Å². The Kier molecular flexibility index (Phi) is 5.09. The maximum absolute atomic E-state index is 10.8. The van der Waals surface area contributed by atoms with E-state index in [1.54, 1.807) is 18.9 Å². The second-order valence-corrected chi connectivity index (χ2v) is 4.14. The maximum atomic E-state index is 10.8. The first-order chi connectivity index (χ1) is 8.04. The van der Waals surface area contributed by atoms with Crippen molar-refractivity contribution in [3.8, 4) is 0 Å². The van der Waals surface area contributed by atoms with E-state index in [0.29, 0.717) is 18.3 Å². The highest BCUT2D eigenvalue weighted by molar-refractivity contribution is 5.72. The largest absolute Gasteiger partial charge is 0.480 e. The van der Waals surface area contributed by atoms with Crippen LogP contribution in [-0.4, -0.2) is 39.2 Å². The van der Waals surface area contributed by atoms with Crippen LogP contribution in [0.4, 0.5) is 0 Å². The smallest absolute Gasteiger partial charge is 0.320 e. The van der Waals surface area contributed by atoms with Gasteiger partial charge in [-0.3, -0.25) is 9.69 Å². The molecule has 0 bridgehead atoms. The third kappa shape index (κ3) is 4.14. The molecule has 1 aromatic heterocycles. The van der Waals surface area contributed by atoms with E-state index < -0.39 is 12.0 Å². The zero-order valence-corrected chi connectivity index (χ0v) is 10.5. The minimum atomic E-state index is -0.863. The molecule has 0 saturated heterocycles. The Morgan fingerprint density at radius 3 is 2.88 bits per heavy atom. The summed E-state index contributed by atoms with van der Waals surface area (Å²) in [6, 6.07) is -0.569. The van der Waals surface area contributed by atoms with Gasteiger partial charge in [-0.15, -0.1) is 0 Å². The van der Waals surface area contributed by atoms with E-state index >= 15 is 0 Å². The van der Waals surface area contributed by atoms with Gasteiger partial charge in [0, 0.05) is 6.42 Å². The van der Waals surface area contributed by atoms with Crippen LogP contribution in [0, 0.1) is 0 Å². The first-order valence-corrected chi connectivity index (χ1v) is 5.79. The summed E-state index contributed by atoms with van der Waals surface area (Å²) in [6.45, 7) is 4.08. The molecule has 0 fully saturated rings. The monoisotopic (exact) mass is 241 g/mol. The second-order valence-electron chi connectivity index (χ2n) is 4.14. The Bertz CT molecular complexity index is 365. The van der Waals surface area contributed by atoms with E-state index in [9.17, 15) is 4.79 Å². The van der Waals surface area contributed by atoms with Crippen LogP contribution >= 0.6 is 0 Å². The van der Waals surface area contributed by atoms with E-state index in [1.807, 2.05) is 0 Å². The number of carboxylic acids is 1. The molecular formula is C11H19N3O3. The molecule has 0 aliphatic rings. The molecule has 1 rings (SSSR count). The number of hydrogen-bond donors (Lipinski definition) is 1. The Morgan fingerprint density at radius 2 is 2.29 bits per heavy atom. The minimum absolute atomic E-state index is 0.354. The van der Waals surface area contributed by atoms with Gasteiger partial charge in [0.15, 0.2) is 5.82 Å². The molecule has 1 unspecified atom stereocenters. The molecule has 0 aliphatic carbocycles. The van der Waals surface area contributed by atoms with Crippen LogP contribution in [0.1, 0.15) is 38.4 Å². The molecule has 1 heterocycles. The van der Waals surface area contributed by atoms with Crippen molar-refractivity contribution in [3.05, 3.63) is 11.7 Å². The molecule has 1 aromatic rings. The van der Waals surface area contributed by atoms with Gasteiger partial charge in [0.2, 0.25) is 5.89 Å². The van der Waals surface area contributed by atoms with Gasteiger partial charge in [0.1, 0.15) is 6.04 Å². The van der Waals surface area contributed by atoms with E-state index in [-0.39, 0.29) is 0 Å². The number of aromatic nitrogens is 2. The van der Waals surface area contributed by atoms with Crippen molar-refractivity contribution in [2.24, 2.45) is 0 Å². The normalized spacial score (nSPS) is 12.9. The van der Waals surface area contributed by atoms with Crippen molar-refractivity contribution < 1.29 is 14.4 Å². The Morgan fingerprint density at radius 1 is 1.59 bits per heavy atom. The predicted molar refractivity (Wildman–Crippen MR) is 61.5 cm³/mol. The fourth-order valence-corrected chi connectivity index (χ4v) is 1.33. The number of likely N-dealkylation sites (N-methyl/N-ethyl adjacent to an activating group) is 1. The van der Waals surface area contributed by atoms with E-state index in [2.05, 4.69) is 17.1 Å². The average Bonchev–Trinajstić information content (AvgIpc) is 2.72. The van der Waals surface area contributed by atoms with Crippen LogP contribution < -0.4 is 0 Å². The lowest BCUT2D eigenvalue weighted by molar-refractivity contribution is -0.142. The predicted octanol–water partition coefficient (Wildman–Crippen LogP) is 1.32. The summed E-state index contributed by atoms with van der Waals surface area (Å²) in [7, 11) is 1.72. The molecule has 0 aliphatic heterocycles. The number of hydrogen-bond acceptors (Lipinski definition) is 5. The Labute approximate surface area is 101 Å². The van der Waals surface area contributed by atoms with Gasteiger partial charge in [-0.1, -0.05) is 18.5 Å². The SMILES string of the molecule is CCCCc1noc(CN(C)C(C)C(=O)O)n1. The molecule has 17 heavy (non-hydrogen) atoms. The molecule has 96 valence electrons. The van der Waals surface area contributed by atoms with Crippen LogP contribution in [0.15, 0.2) is 4.52 Å². The molecule has 0 amide bonds. The molecule has 6 heteroatoms. The first kappa shape index (κ1) is 13.6. The number of aryl methyl sites for hydroxylation is 1. The minimum Gasteiger partial charge on any atom is -0.480 e. The quantitative estimate of drug-likeness (QED) is 0.775. The number of unbranched alkanes of at least 4 members (excludes halogenated alkanes) is 1. The van der Waals surface area contributed by atoms with Crippen molar-refractivity contribution in [1.82, 2.24) is 15.0 Å². The lowest BCUT2D eigenvalue weighted by atomic mass is 10.2. The summed E-state index contributed by atoms with van der Waals surface area (Å²) in [5.41, 5.74) is 0. The summed E-state index contributed by atoms with van der Waals surface area (Å²) >= 11 is 0. The number of carbonyl (C=O) groups is 1. The lowest BCUT2D eigenvalue weighted by Crippen LogP contribution is -2.35.